The number of hydrogen-bond acceptors (Lipinski definition) is 6. The van der Waals surface area contributed by atoms with Crippen molar-refractivity contribution in [2.75, 3.05) is 11.1 Å². The molecular weight excluding hydrogens is 428 g/mol. The molecule has 1 aromatic carbocycles. The van der Waals surface area contributed by atoms with Crippen LogP contribution in [0.2, 0.25) is 5.15 Å². The van der Waals surface area contributed by atoms with Gasteiger partial charge in [-0.1, -0.05) is 11.6 Å². The Bertz CT molecular complexity index is 1250. The molecule has 2 heterocycles. The number of nitrogens with zero attached hydrogens (tertiary/aromatic N) is 4. The molecule has 0 aliphatic heterocycles. The topological polar surface area (TPSA) is 133 Å². The molecule has 0 unspecified atom stereocenters. The molecule has 1 amide bonds. The average molecular weight is 444 g/mol. The zero-order valence-electron chi connectivity index (χ0n) is 16.4. The number of carbonyl (C=O) groups excluding carboxylic acids is 1. The van der Waals surface area contributed by atoms with Crippen LogP contribution in [0.15, 0.2) is 30.6 Å². The van der Waals surface area contributed by atoms with E-state index in [9.17, 15) is 13.6 Å². The van der Waals surface area contributed by atoms with Crippen LogP contribution in [0.4, 0.5) is 20.2 Å². The molecule has 4 N–H and O–H groups in total. The van der Waals surface area contributed by atoms with Gasteiger partial charge < -0.3 is 11.1 Å². The van der Waals surface area contributed by atoms with Crippen LogP contribution in [0, 0.1) is 30.6 Å². The van der Waals surface area contributed by atoms with E-state index in [-0.39, 0.29) is 38.9 Å². The highest BCUT2D eigenvalue weighted by molar-refractivity contribution is 6.31. The number of nitriles is 1. The van der Waals surface area contributed by atoms with Crippen molar-refractivity contribution in [1.29, 1.82) is 10.7 Å². The Kier molecular flexibility index (Phi) is 5.99. The normalized spacial score (nSPS) is 10.7. The molecule has 3 rings (SSSR count). The van der Waals surface area contributed by atoms with Gasteiger partial charge in [-0.05, 0) is 43.2 Å². The number of aromatic nitrogens is 3. The molecule has 0 fully saturated rings. The molecule has 31 heavy (non-hydrogen) atoms. The number of rotatable bonds is 5. The van der Waals surface area contributed by atoms with Crippen LogP contribution in [0.5, 0.6) is 0 Å². The van der Waals surface area contributed by atoms with Gasteiger partial charge in [-0.3, -0.25) is 10.2 Å². The summed E-state index contributed by atoms with van der Waals surface area (Å²) in [4.78, 5) is 16.8. The van der Waals surface area contributed by atoms with E-state index in [1.165, 1.54) is 18.2 Å². The molecule has 0 aliphatic carbocycles. The maximum atomic E-state index is 12.8. The maximum absolute atomic E-state index is 12.8. The quantitative estimate of drug-likeness (QED) is 0.310. The highest BCUT2D eigenvalue weighted by Crippen LogP contribution is 2.25. The number of nitrogens with one attached hydrogen (secondary N) is 2. The molecule has 0 atom stereocenters. The number of nitrogen functional groups attached to an aromatic ring is 1. The minimum atomic E-state index is -2.83. The van der Waals surface area contributed by atoms with E-state index < -0.39 is 12.5 Å². The fourth-order valence-electron chi connectivity index (χ4n) is 2.88. The van der Waals surface area contributed by atoms with Gasteiger partial charge in [0, 0.05) is 28.7 Å². The first-order valence-electron chi connectivity index (χ1n) is 8.83. The lowest BCUT2D eigenvalue weighted by atomic mass is 10.0. The van der Waals surface area contributed by atoms with E-state index in [0.29, 0.717) is 21.5 Å². The van der Waals surface area contributed by atoms with Crippen LogP contribution >= 0.6 is 11.6 Å². The zero-order chi connectivity index (χ0) is 22.9. The van der Waals surface area contributed by atoms with Crippen LogP contribution in [-0.4, -0.2) is 26.4 Å². The first-order chi connectivity index (χ1) is 14.6. The number of amides is 1. The average Bonchev–Trinajstić information content (AvgIpc) is 3.22. The molecule has 0 bridgehead atoms. The Morgan fingerprint density at radius 2 is 2.06 bits per heavy atom. The molecule has 11 heteroatoms. The molecule has 3 aromatic rings. The van der Waals surface area contributed by atoms with Gasteiger partial charge in [-0.2, -0.15) is 19.1 Å². The van der Waals surface area contributed by atoms with Crippen molar-refractivity contribution < 1.29 is 13.6 Å². The predicted octanol–water partition coefficient (Wildman–Crippen LogP) is 4.07. The molecular formula is C20H16ClF2N7O. The van der Waals surface area contributed by atoms with Crippen molar-refractivity contribution in [3.05, 3.63) is 69.3 Å². The Morgan fingerprint density at radius 1 is 1.35 bits per heavy atom. The second-order valence-corrected chi connectivity index (χ2v) is 6.96. The van der Waals surface area contributed by atoms with Crippen LogP contribution in [-0.2, 0) is 0 Å². The van der Waals surface area contributed by atoms with Gasteiger partial charge in [0.2, 0.25) is 0 Å². The summed E-state index contributed by atoms with van der Waals surface area (Å²) in [7, 11) is 0. The molecule has 8 nitrogen and oxygen atoms in total. The van der Waals surface area contributed by atoms with E-state index in [1.54, 1.807) is 13.8 Å². The summed E-state index contributed by atoms with van der Waals surface area (Å²) in [6, 6.07) is 6.41. The van der Waals surface area contributed by atoms with Crippen LogP contribution in [0.1, 0.15) is 44.9 Å². The van der Waals surface area contributed by atoms with Crippen molar-refractivity contribution in [3.8, 4) is 6.07 Å². The van der Waals surface area contributed by atoms with Gasteiger partial charge in [-0.15, -0.1) is 0 Å². The van der Waals surface area contributed by atoms with E-state index in [0.717, 1.165) is 12.4 Å². The van der Waals surface area contributed by atoms with Gasteiger partial charge in [-0.25, -0.2) is 9.67 Å². The summed E-state index contributed by atoms with van der Waals surface area (Å²) in [5.74, 6) is -0.570. The zero-order valence-corrected chi connectivity index (χ0v) is 17.1. The largest absolute Gasteiger partial charge is 0.398 e. The number of halogens is 3. The summed E-state index contributed by atoms with van der Waals surface area (Å²) < 4.78 is 25.9. The Balaban J connectivity index is 1.91. The van der Waals surface area contributed by atoms with Gasteiger partial charge >= 0.3 is 6.55 Å². The standard InChI is InChI=1S/C20H16ClF2N7O/c1-9-10(2)17(29-18(21)14(9)6-24)19(31)28-12-3-4-15(25)13(5-12)16(26)11-7-27-30(8-11)20(22)23/h3-5,7-8,20,26H,25H2,1-2H3,(H,28,31). The van der Waals surface area contributed by atoms with Crippen LogP contribution < -0.4 is 11.1 Å². The monoisotopic (exact) mass is 443 g/mol. The van der Waals surface area contributed by atoms with Crippen molar-refractivity contribution in [2.24, 2.45) is 0 Å². The third-order valence-corrected chi connectivity index (χ3v) is 4.98. The predicted molar refractivity (Wildman–Crippen MR) is 112 cm³/mol. The molecule has 0 saturated carbocycles. The lowest BCUT2D eigenvalue weighted by Crippen LogP contribution is -2.17. The van der Waals surface area contributed by atoms with E-state index in [2.05, 4.69) is 15.4 Å². The summed E-state index contributed by atoms with van der Waals surface area (Å²) in [6.45, 7) is 0.488. The van der Waals surface area contributed by atoms with Gasteiger partial charge in [0.25, 0.3) is 5.91 Å². The number of anilines is 2. The summed E-state index contributed by atoms with van der Waals surface area (Å²) in [5.41, 5.74) is 8.00. The van der Waals surface area contributed by atoms with Crippen LogP contribution in [0.25, 0.3) is 0 Å². The summed E-state index contributed by atoms with van der Waals surface area (Å²) >= 11 is 6.01. The smallest absolute Gasteiger partial charge is 0.333 e. The number of carbonyl (C=O) groups is 1. The fraction of sp³-hybridized carbons (Fsp3) is 0.150. The molecule has 0 radical (unpaired) electrons. The van der Waals surface area contributed by atoms with Crippen molar-refractivity contribution in [3.63, 3.8) is 0 Å². The molecule has 2 aromatic heterocycles. The van der Waals surface area contributed by atoms with E-state index >= 15 is 0 Å². The van der Waals surface area contributed by atoms with Gasteiger partial charge in [0.1, 0.15) is 16.9 Å². The maximum Gasteiger partial charge on any atom is 0.333 e. The minimum Gasteiger partial charge on any atom is -0.398 e. The molecule has 0 aliphatic rings. The first kappa shape index (κ1) is 21.9. The Morgan fingerprint density at radius 3 is 2.68 bits per heavy atom. The third-order valence-electron chi connectivity index (χ3n) is 4.71. The Labute approximate surface area is 180 Å². The molecule has 158 valence electrons. The minimum absolute atomic E-state index is 0.0492. The van der Waals surface area contributed by atoms with E-state index in [1.807, 2.05) is 6.07 Å². The Hall–Kier alpha value is -3.84. The van der Waals surface area contributed by atoms with Crippen molar-refractivity contribution in [1.82, 2.24) is 14.8 Å². The second-order valence-electron chi connectivity index (χ2n) is 6.61. The number of nitrogens with two attached hydrogens (primary N) is 1. The number of pyridine rings is 1. The highest BCUT2D eigenvalue weighted by atomic mass is 35.5. The summed E-state index contributed by atoms with van der Waals surface area (Å²) in [6.07, 6.45) is 2.17. The fourth-order valence-corrected chi connectivity index (χ4v) is 3.15. The number of alkyl halides is 2. The van der Waals surface area contributed by atoms with Gasteiger partial charge in [0.05, 0.1) is 17.5 Å². The number of hydrogen-bond donors (Lipinski definition) is 3. The number of benzene rings is 1. The van der Waals surface area contributed by atoms with Crippen molar-refractivity contribution in [2.45, 2.75) is 20.4 Å². The third kappa shape index (κ3) is 4.22. The van der Waals surface area contributed by atoms with E-state index in [4.69, 9.17) is 28.0 Å². The SMILES string of the molecule is Cc1c(C(=O)Nc2ccc(N)c(C(=N)c3cnn(C(F)F)c3)c2)nc(Cl)c(C#N)c1C. The lowest BCUT2D eigenvalue weighted by molar-refractivity contribution is 0.0566. The van der Waals surface area contributed by atoms with Crippen molar-refractivity contribution >= 4 is 34.6 Å². The molecule has 0 saturated heterocycles. The lowest BCUT2D eigenvalue weighted by Gasteiger charge is -2.13. The van der Waals surface area contributed by atoms with Gasteiger partial charge in [0.15, 0.2) is 0 Å². The summed E-state index contributed by atoms with van der Waals surface area (Å²) in [5, 5.41) is 23.6. The van der Waals surface area contributed by atoms with Crippen LogP contribution in [0.3, 0.4) is 0 Å². The first-order valence-corrected chi connectivity index (χ1v) is 9.21. The highest BCUT2D eigenvalue weighted by Gasteiger charge is 2.19. The molecule has 0 spiro atoms. The second kappa shape index (κ2) is 8.49.